The van der Waals surface area contributed by atoms with Gasteiger partial charge in [0, 0.05) is 12.3 Å². The fourth-order valence-electron chi connectivity index (χ4n) is 0.948. The van der Waals surface area contributed by atoms with Crippen molar-refractivity contribution >= 4 is 8.03 Å². The Morgan fingerprint density at radius 1 is 1.60 bits per heavy atom. The summed E-state index contributed by atoms with van der Waals surface area (Å²) < 4.78 is 10.6. The Bertz CT molecular complexity index is 116. The molecule has 0 heterocycles. The number of aliphatic hydroxyl groups excluding tert-OH is 1. The van der Waals surface area contributed by atoms with E-state index in [0.29, 0.717) is 6.42 Å². The molecule has 62 valence electrons. The summed E-state index contributed by atoms with van der Waals surface area (Å²) in [7, 11) is -2.45. The van der Waals surface area contributed by atoms with Gasteiger partial charge in [-0.2, -0.15) is 0 Å². The van der Waals surface area contributed by atoms with Gasteiger partial charge in [-0.25, -0.2) is 0 Å². The van der Waals surface area contributed by atoms with Crippen molar-refractivity contribution in [3.05, 3.63) is 0 Å². The maximum absolute atomic E-state index is 10.6. The van der Waals surface area contributed by atoms with Gasteiger partial charge in [0.1, 0.15) is 0 Å². The molecule has 3 unspecified atom stereocenters. The van der Waals surface area contributed by atoms with Crippen molar-refractivity contribution in [2.45, 2.75) is 25.9 Å². The zero-order valence-electron chi connectivity index (χ0n) is 6.37. The topological polar surface area (TPSA) is 57.5 Å². The van der Waals surface area contributed by atoms with Gasteiger partial charge in [-0.15, -0.1) is 0 Å². The van der Waals surface area contributed by atoms with Gasteiger partial charge in [0.2, 0.25) is 0 Å². The molecule has 0 saturated heterocycles. The van der Waals surface area contributed by atoms with Crippen molar-refractivity contribution in [3.8, 4) is 0 Å². The fourth-order valence-corrected chi connectivity index (χ4v) is 1.89. The predicted molar refractivity (Wildman–Crippen MR) is 41.5 cm³/mol. The van der Waals surface area contributed by atoms with Gasteiger partial charge in [0.15, 0.2) is 8.03 Å². The SMILES string of the molecule is CCC(C(C)CO)[PH](=O)O. The van der Waals surface area contributed by atoms with Gasteiger partial charge in [0.25, 0.3) is 0 Å². The van der Waals surface area contributed by atoms with Crippen molar-refractivity contribution in [1.82, 2.24) is 0 Å². The summed E-state index contributed by atoms with van der Waals surface area (Å²) in [6.07, 6.45) is 0.663. The van der Waals surface area contributed by atoms with Crippen LogP contribution in [0.2, 0.25) is 0 Å². The van der Waals surface area contributed by atoms with Gasteiger partial charge in [0.05, 0.1) is 0 Å². The number of hydrogen-bond acceptors (Lipinski definition) is 2. The van der Waals surface area contributed by atoms with Gasteiger partial charge in [-0.05, 0) is 12.3 Å². The van der Waals surface area contributed by atoms with Gasteiger partial charge in [-0.3, -0.25) is 4.57 Å². The van der Waals surface area contributed by atoms with E-state index in [1.807, 2.05) is 6.92 Å². The zero-order valence-corrected chi connectivity index (χ0v) is 7.37. The third-order valence-corrected chi connectivity index (χ3v) is 3.34. The van der Waals surface area contributed by atoms with Crippen LogP contribution in [-0.2, 0) is 4.57 Å². The summed E-state index contributed by atoms with van der Waals surface area (Å²) in [6, 6.07) is 0. The first kappa shape index (κ1) is 10.2. The lowest BCUT2D eigenvalue weighted by Crippen LogP contribution is -2.16. The van der Waals surface area contributed by atoms with Crippen LogP contribution >= 0.6 is 8.03 Å². The van der Waals surface area contributed by atoms with Gasteiger partial charge in [-0.1, -0.05) is 13.8 Å². The first-order valence-electron chi connectivity index (χ1n) is 3.47. The summed E-state index contributed by atoms with van der Waals surface area (Å²) in [4.78, 5) is 8.75. The molecule has 4 heteroatoms. The van der Waals surface area contributed by atoms with E-state index < -0.39 is 8.03 Å². The van der Waals surface area contributed by atoms with E-state index in [2.05, 4.69) is 0 Å². The van der Waals surface area contributed by atoms with Gasteiger partial charge >= 0.3 is 0 Å². The second kappa shape index (κ2) is 4.89. The summed E-state index contributed by atoms with van der Waals surface area (Å²) in [5.74, 6) is -0.0543. The lowest BCUT2D eigenvalue weighted by atomic mass is 10.1. The molecule has 0 radical (unpaired) electrons. The van der Waals surface area contributed by atoms with Crippen LogP contribution in [0.15, 0.2) is 0 Å². The third kappa shape index (κ3) is 2.82. The van der Waals surface area contributed by atoms with E-state index in [0.717, 1.165) is 0 Å². The van der Waals surface area contributed by atoms with Gasteiger partial charge < -0.3 is 10.00 Å². The summed E-state index contributed by atoms with van der Waals surface area (Å²) in [5, 5.41) is 8.65. The van der Waals surface area contributed by atoms with Crippen LogP contribution in [0.4, 0.5) is 0 Å². The lowest BCUT2D eigenvalue weighted by molar-refractivity contribution is 0.228. The Hall–Kier alpha value is 0.150. The molecular weight excluding hydrogens is 151 g/mol. The molecule has 0 aromatic heterocycles. The predicted octanol–water partition coefficient (Wildman–Crippen LogP) is 0.860. The van der Waals surface area contributed by atoms with Crippen LogP contribution in [0, 0.1) is 5.92 Å². The fraction of sp³-hybridized carbons (Fsp3) is 1.00. The standard InChI is InChI=1S/C6H15O3P/c1-3-6(10(8)9)5(2)4-7/h5-7,10H,3-4H2,1-2H3,(H,8,9). The van der Waals surface area contributed by atoms with Crippen LogP contribution in [0.5, 0.6) is 0 Å². The molecule has 0 saturated carbocycles. The highest BCUT2D eigenvalue weighted by Crippen LogP contribution is 2.30. The monoisotopic (exact) mass is 166 g/mol. The average molecular weight is 166 g/mol. The van der Waals surface area contributed by atoms with E-state index >= 15 is 0 Å². The van der Waals surface area contributed by atoms with E-state index in [-0.39, 0.29) is 18.2 Å². The molecule has 0 aromatic rings. The van der Waals surface area contributed by atoms with Crippen molar-refractivity contribution < 1.29 is 14.6 Å². The highest BCUT2D eigenvalue weighted by Gasteiger charge is 2.18. The molecule has 3 nitrogen and oxygen atoms in total. The first-order valence-corrected chi connectivity index (χ1v) is 4.90. The summed E-state index contributed by atoms with van der Waals surface area (Å²) >= 11 is 0. The van der Waals surface area contributed by atoms with Crippen LogP contribution in [0.3, 0.4) is 0 Å². The minimum atomic E-state index is -2.45. The zero-order chi connectivity index (χ0) is 8.15. The molecule has 2 N–H and O–H groups in total. The first-order chi connectivity index (χ1) is 4.63. The highest BCUT2D eigenvalue weighted by molar-refractivity contribution is 7.38. The second-order valence-corrected chi connectivity index (χ2v) is 3.93. The largest absolute Gasteiger partial charge is 0.396 e. The van der Waals surface area contributed by atoms with Crippen molar-refractivity contribution in [2.24, 2.45) is 5.92 Å². The summed E-state index contributed by atoms with van der Waals surface area (Å²) in [5.41, 5.74) is -0.213. The molecule has 0 rings (SSSR count). The Labute approximate surface area is 61.9 Å². The van der Waals surface area contributed by atoms with E-state index in [4.69, 9.17) is 10.00 Å². The molecule has 10 heavy (non-hydrogen) atoms. The normalized spacial score (nSPS) is 20.0. The minimum Gasteiger partial charge on any atom is -0.396 e. The van der Waals surface area contributed by atoms with Crippen molar-refractivity contribution in [2.75, 3.05) is 6.61 Å². The van der Waals surface area contributed by atoms with E-state index in [1.165, 1.54) is 0 Å². The number of hydrogen-bond donors (Lipinski definition) is 2. The molecule has 0 amide bonds. The Morgan fingerprint density at radius 2 is 2.10 bits per heavy atom. The quantitative estimate of drug-likeness (QED) is 0.609. The second-order valence-electron chi connectivity index (χ2n) is 2.51. The summed E-state index contributed by atoms with van der Waals surface area (Å²) in [6.45, 7) is 3.64. The van der Waals surface area contributed by atoms with Crippen molar-refractivity contribution in [3.63, 3.8) is 0 Å². The molecule has 0 bridgehead atoms. The number of rotatable bonds is 4. The Morgan fingerprint density at radius 3 is 2.20 bits per heavy atom. The molecule has 0 aliphatic heterocycles. The van der Waals surface area contributed by atoms with E-state index in [9.17, 15) is 4.57 Å². The highest BCUT2D eigenvalue weighted by atomic mass is 31.1. The Kier molecular flexibility index (Phi) is 4.96. The Balaban J connectivity index is 3.92. The average Bonchev–Trinajstić information content (AvgIpc) is 1.88. The van der Waals surface area contributed by atoms with E-state index in [1.54, 1.807) is 6.92 Å². The maximum atomic E-state index is 10.6. The molecule has 0 aromatic carbocycles. The molecular formula is C6H15O3P. The molecule has 0 aliphatic rings. The lowest BCUT2D eigenvalue weighted by Gasteiger charge is -2.16. The molecule has 0 aliphatic carbocycles. The van der Waals surface area contributed by atoms with Crippen LogP contribution in [0.1, 0.15) is 20.3 Å². The molecule has 0 fully saturated rings. The molecule has 0 spiro atoms. The third-order valence-electron chi connectivity index (χ3n) is 1.73. The number of aliphatic hydroxyl groups is 1. The molecule has 3 atom stereocenters. The van der Waals surface area contributed by atoms with Crippen molar-refractivity contribution in [1.29, 1.82) is 0 Å². The maximum Gasteiger partial charge on any atom is 0.192 e. The van der Waals surface area contributed by atoms with Crippen LogP contribution in [0.25, 0.3) is 0 Å². The van der Waals surface area contributed by atoms with Crippen LogP contribution < -0.4 is 0 Å². The minimum absolute atomic E-state index is 0.00449. The van der Waals surface area contributed by atoms with Crippen LogP contribution in [-0.4, -0.2) is 22.3 Å². The smallest absolute Gasteiger partial charge is 0.192 e.